The number of carbonyl (C=O) groups is 2. The Bertz CT molecular complexity index is 901. The summed E-state index contributed by atoms with van der Waals surface area (Å²) < 4.78 is 5.92. The van der Waals surface area contributed by atoms with Crippen LogP contribution in [0.4, 0.5) is 5.69 Å². The summed E-state index contributed by atoms with van der Waals surface area (Å²) in [5.74, 6) is -0.0634. The molecule has 32 heavy (non-hydrogen) atoms. The van der Waals surface area contributed by atoms with Crippen LogP contribution < -0.4 is 15.0 Å². The van der Waals surface area contributed by atoms with E-state index in [9.17, 15) is 14.7 Å². The van der Waals surface area contributed by atoms with E-state index in [-0.39, 0.29) is 24.9 Å². The first-order valence-electron chi connectivity index (χ1n) is 11.0. The number of unbranched alkanes of at least 4 members (excludes halogenated alkanes) is 1. The molecular weight excluding hydrogens is 428 g/mol. The van der Waals surface area contributed by atoms with Gasteiger partial charge in [0, 0.05) is 0 Å². The van der Waals surface area contributed by atoms with Gasteiger partial charge in [-0.15, -0.1) is 12.4 Å². The molecule has 1 amide bonds. The Labute approximate surface area is 196 Å². The number of fused-ring (bicyclic) bond motifs is 1. The van der Waals surface area contributed by atoms with E-state index in [1.807, 2.05) is 43.3 Å². The van der Waals surface area contributed by atoms with Crippen molar-refractivity contribution < 1.29 is 19.4 Å². The molecule has 0 aromatic heterocycles. The number of carboxylic acids is 1. The highest BCUT2D eigenvalue weighted by Gasteiger charge is 2.34. The van der Waals surface area contributed by atoms with Gasteiger partial charge < -0.3 is 14.7 Å². The zero-order valence-electron chi connectivity index (χ0n) is 18.9. The molecule has 0 bridgehead atoms. The Morgan fingerprint density at radius 2 is 1.88 bits per heavy atom. The highest BCUT2D eigenvalue weighted by atomic mass is 35.5. The number of para-hydroxylation sites is 2. The molecule has 1 heterocycles. The Morgan fingerprint density at radius 1 is 1.19 bits per heavy atom. The largest absolute Gasteiger partial charge is 0.489 e. The molecule has 6 nitrogen and oxygen atoms in total. The summed E-state index contributed by atoms with van der Waals surface area (Å²) >= 11 is 0. The molecule has 7 heteroatoms. The third-order valence-corrected chi connectivity index (χ3v) is 5.66. The van der Waals surface area contributed by atoms with Gasteiger partial charge in [0.25, 0.3) is 0 Å². The van der Waals surface area contributed by atoms with E-state index < -0.39 is 18.1 Å². The minimum absolute atomic E-state index is 0. The maximum absolute atomic E-state index is 13.5. The highest BCUT2D eigenvalue weighted by molar-refractivity contribution is 5.99. The minimum atomic E-state index is -0.946. The number of aliphatic carboxylic acids is 1. The summed E-state index contributed by atoms with van der Waals surface area (Å²) in [6.07, 6.45) is 2.14. The van der Waals surface area contributed by atoms with Crippen LogP contribution in [0.1, 0.15) is 57.1 Å². The van der Waals surface area contributed by atoms with E-state index >= 15 is 0 Å². The Morgan fingerprint density at radius 3 is 2.50 bits per heavy atom. The predicted molar refractivity (Wildman–Crippen MR) is 129 cm³/mol. The fourth-order valence-corrected chi connectivity index (χ4v) is 3.76. The first-order chi connectivity index (χ1) is 14.9. The van der Waals surface area contributed by atoms with Gasteiger partial charge in [0.1, 0.15) is 24.4 Å². The average molecular weight is 461 g/mol. The van der Waals surface area contributed by atoms with E-state index in [0.29, 0.717) is 30.3 Å². The van der Waals surface area contributed by atoms with Crippen molar-refractivity contribution in [3.8, 4) is 5.75 Å². The van der Waals surface area contributed by atoms with E-state index in [1.54, 1.807) is 4.90 Å². The molecule has 0 spiro atoms. The van der Waals surface area contributed by atoms with Gasteiger partial charge in [0.05, 0.1) is 12.2 Å². The molecule has 0 unspecified atom stereocenters. The molecule has 1 aliphatic rings. The Kier molecular flexibility index (Phi) is 9.54. The van der Waals surface area contributed by atoms with Gasteiger partial charge in [-0.2, -0.15) is 0 Å². The second kappa shape index (κ2) is 11.9. The van der Waals surface area contributed by atoms with Crippen molar-refractivity contribution in [3.05, 3.63) is 59.7 Å². The predicted octanol–water partition coefficient (Wildman–Crippen LogP) is 4.76. The van der Waals surface area contributed by atoms with Crippen molar-refractivity contribution in [1.82, 2.24) is 5.32 Å². The number of anilines is 1. The summed E-state index contributed by atoms with van der Waals surface area (Å²) in [6, 6.07) is 14.2. The van der Waals surface area contributed by atoms with Crippen LogP contribution in [-0.2, 0) is 16.1 Å². The third kappa shape index (κ3) is 6.24. The van der Waals surface area contributed by atoms with Crippen LogP contribution in [0.2, 0.25) is 0 Å². The molecule has 3 rings (SSSR count). The summed E-state index contributed by atoms with van der Waals surface area (Å²) in [6.45, 7) is 6.79. The van der Waals surface area contributed by atoms with Gasteiger partial charge in [-0.1, -0.05) is 70.0 Å². The topological polar surface area (TPSA) is 78.9 Å². The second-order valence-corrected chi connectivity index (χ2v) is 8.35. The number of carboxylic acid groups (broad SMARTS) is 1. The van der Waals surface area contributed by atoms with Crippen LogP contribution in [0.5, 0.6) is 5.75 Å². The van der Waals surface area contributed by atoms with E-state index in [0.717, 1.165) is 18.4 Å². The molecule has 2 atom stereocenters. The van der Waals surface area contributed by atoms with E-state index in [2.05, 4.69) is 31.3 Å². The maximum Gasteiger partial charge on any atom is 0.320 e. The number of ether oxygens (including phenoxy) is 1. The molecule has 1 aliphatic heterocycles. The highest BCUT2D eigenvalue weighted by Crippen LogP contribution is 2.32. The van der Waals surface area contributed by atoms with Crippen LogP contribution in [0.15, 0.2) is 48.5 Å². The molecule has 0 radical (unpaired) electrons. The van der Waals surface area contributed by atoms with E-state index in [1.165, 1.54) is 5.56 Å². The standard InChI is InChI=1S/C25H32N2O4.ClH/c1-4-5-8-20(25(29)30)26-21-16-31-23-10-7-6-9-22(23)27(24(21)28)15-18-11-13-19(14-12-18)17(2)3;/h6-7,9-14,17,20-21,26H,4-5,8,15-16H2,1-3H3,(H,29,30);1H/t20-,21-;/m0./s1. The van der Waals surface area contributed by atoms with Crippen molar-refractivity contribution in [2.24, 2.45) is 0 Å². The van der Waals surface area contributed by atoms with Crippen molar-refractivity contribution in [1.29, 1.82) is 0 Å². The van der Waals surface area contributed by atoms with Crippen LogP contribution in [0.3, 0.4) is 0 Å². The molecule has 2 aromatic carbocycles. The Balaban J connectivity index is 0.00000363. The van der Waals surface area contributed by atoms with Crippen molar-refractivity contribution in [2.45, 2.75) is 64.6 Å². The molecule has 0 saturated heterocycles. The molecular formula is C25H33ClN2O4. The fourth-order valence-electron chi connectivity index (χ4n) is 3.76. The third-order valence-electron chi connectivity index (χ3n) is 5.66. The number of rotatable bonds is 9. The van der Waals surface area contributed by atoms with E-state index in [4.69, 9.17) is 4.74 Å². The monoisotopic (exact) mass is 460 g/mol. The van der Waals surface area contributed by atoms with Gasteiger partial charge in [-0.3, -0.25) is 14.9 Å². The summed E-state index contributed by atoms with van der Waals surface area (Å²) in [7, 11) is 0. The lowest BCUT2D eigenvalue weighted by Gasteiger charge is -2.27. The van der Waals surface area contributed by atoms with Crippen molar-refractivity contribution in [3.63, 3.8) is 0 Å². The number of halogens is 1. The SMILES string of the molecule is CCCC[C@H](N[C@H]1COc2ccccc2N(Cc2ccc(C(C)C)cc2)C1=O)C(=O)O.Cl. The molecule has 174 valence electrons. The lowest BCUT2D eigenvalue weighted by Crippen LogP contribution is -2.53. The van der Waals surface area contributed by atoms with Gasteiger partial charge in [0.15, 0.2) is 0 Å². The molecule has 0 saturated carbocycles. The molecule has 0 aliphatic carbocycles. The fraction of sp³-hybridized carbons (Fsp3) is 0.440. The van der Waals surface area contributed by atoms with Crippen LogP contribution >= 0.6 is 12.4 Å². The molecule has 2 aromatic rings. The average Bonchev–Trinajstić information content (AvgIpc) is 2.89. The zero-order chi connectivity index (χ0) is 22.4. The van der Waals surface area contributed by atoms with Crippen LogP contribution in [-0.4, -0.2) is 35.7 Å². The summed E-state index contributed by atoms with van der Waals surface area (Å²) in [4.78, 5) is 26.9. The van der Waals surface area contributed by atoms with Gasteiger partial charge in [-0.05, 0) is 35.6 Å². The molecule has 0 fully saturated rings. The number of nitrogens with zero attached hydrogens (tertiary/aromatic N) is 1. The summed E-state index contributed by atoms with van der Waals surface area (Å²) in [5, 5.41) is 12.6. The lowest BCUT2D eigenvalue weighted by atomic mass is 10.0. The Hall–Kier alpha value is -2.57. The number of hydrogen-bond donors (Lipinski definition) is 2. The van der Waals surface area contributed by atoms with Crippen molar-refractivity contribution in [2.75, 3.05) is 11.5 Å². The molecule has 2 N–H and O–H groups in total. The number of carbonyl (C=O) groups excluding carboxylic acids is 1. The maximum atomic E-state index is 13.5. The number of amides is 1. The van der Waals surface area contributed by atoms with Gasteiger partial charge in [0.2, 0.25) is 5.91 Å². The smallest absolute Gasteiger partial charge is 0.320 e. The second-order valence-electron chi connectivity index (χ2n) is 8.35. The number of nitrogens with one attached hydrogen (secondary N) is 1. The summed E-state index contributed by atoms with van der Waals surface area (Å²) in [5.41, 5.74) is 2.95. The van der Waals surface area contributed by atoms with Crippen molar-refractivity contribution >= 4 is 30.0 Å². The lowest BCUT2D eigenvalue weighted by molar-refractivity contribution is -0.140. The van der Waals surface area contributed by atoms with Gasteiger partial charge in [-0.25, -0.2) is 0 Å². The first-order valence-corrected chi connectivity index (χ1v) is 11.0. The number of benzene rings is 2. The first kappa shape index (κ1) is 25.7. The zero-order valence-corrected chi connectivity index (χ0v) is 19.7. The minimum Gasteiger partial charge on any atom is -0.489 e. The quantitative estimate of drug-likeness (QED) is 0.564. The number of hydrogen-bond acceptors (Lipinski definition) is 4. The van der Waals surface area contributed by atoms with Crippen LogP contribution in [0, 0.1) is 0 Å². The van der Waals surface area contributed by atoms with Gasteiger partial charge >= 0.3 is 5.97 Å². The normalized spacial score (nSPS) is 16.6. The van der Waals surface area contributed by atoms with Crippen LogP contribution in [0.25, 0.3) is 0 Å².